The summed E-state index contributed by atoms with van der Waals surface area (Å²) in [6.07, 6.45) is 3.18. The summed E-state index contributed by atoms with van der Waals surface area (Å²) in [7, 11) is 0. The molecule has 2 atom stereocenters. The third-order valence-corrected chi connectivity index (χ3v) is 6.33. The van der Waals surface area contributed by atoms with Crippen molar-refractivity contribution in [2.45, 2.75) is 25.3 Å². The summed E-state index contributed by atoms with van der Waals surface area (Å²) in [5.74, 6) is 0.431. The fourth-order valence-corrected chi connectivity index (χ4v) is 4.82. The van der Waals surface area contributed by atoms with E-state index < -0.39 is 0 Å². The Hall–Kier alpha value is -1.17. The number of benzene rings is 1. The van der Waals surface area contributed by atoms with Crippen molar-refractivity contribution in [1.82, 2.24) is 4.90 Å². The zero-order chi connectivity index (χ0) is 16.6. The standard InChI is InChI=1S/C19H27FN2O2/c20-17-3-1-2-4-18(17)21-8-5-16(6-9-21)22-11-15-7-10-24-14-19(15,12-22)13-23/h1-4,15-16,23H,5-14H2/t15-,19+/m0/s1. The number of rotatable bonds is 3. The summed E-state index contributed by atoms with van der Waals surface area (Å²) < 4.78 is 19.6. The van der Waals surface area contributed by atoms with E-state index in [0.717, 1.165) is 57.7 Å². The molecule has 0 aliphatic carbocycles. The van der Waals surface area contributed by atoms with Crippen molar-refractivity contribution in [1.29, 1.82) is 0 Å². The van der Waals surface area contributed by atoms with Crippen molar-refractivity contribution in [3.8, 4) is 0 Å². The van der Waals surface area contributed by atoms with Crippen LogP contribution in [0.3, 0.4) is 0 Å². The van der Waals surface area contributed by atoms with Crippen LogP contribution >= 0.6 is 0 Å². The van der Waals surface area contributed by atoms with Crippen LogP contribution in [0.25, 0.3) is 0 Å². The van der Waals surface area contributed by atoms with Crippen LogP contribution in [0.2, 0.25) is 0 Å². The molecule has 0 bridgehead atoms. The van der Waals surface area contributed by atoms with Crippen molar-refractivity contribution in [3.63, 3.8) is 0 Å². The highest BCUT2D eigenvalue weighted by molar-refractivity contribution is 5.47. The zero-order valence-electron chi connectivity index (χ0n) is 14.2. The summed E-state index contributed by atoms with van der Waals surface area (Å²) in [6.45, 7) is 5.56. The molecule has 3 heterocycles. The molecule has 5 heteroatoms. The second kappa shape index (κ2) is 6.62. The van der Waals surface area contributed by atoms with E-state index in [1.54, 1.807) is 6.07 Å². The number of anilines is 1. The minimum Gasteiger partial charge on any atom is -0.396 e. The fraction of sp³-hybridized carbons (Fsp3) is 0.684. The highest BCUT2D eigenvalue weighted by atomic mass is 19.1. The van der Waals surface area contributed by atoms with Crippen molar-refractivity contribution in [2.75, 3.05) is 50.9 Å². The molecular weight excluding hydrogens is 307 g/mol. The average Bonchev–Trinajstić information content (AvgIpc) is 3.02. The first-order valence-corrected chi connectivity index (χ1v) is 9.14. The first kappa shape index (κ1) is 16.3. The lowest BCUT2D eigenvalue weighted by atomic mass is 9.76. The summed E-state index contributed by atoms with van der Waals surface area (Å²) in [5.41, 5.74) is 0.673. The molecule has 3 aliphatic rings. The van der Waals surface area contributed by atoms with Crippen LogP contribution in [-0.2, 0) is 4.74 Å². The third kappa shape index (κ3) is 2.83. The van der Waals surface area contributed by atoms with Crippen LogP contribution in [0, 0.1) is 17.2 Å². The summed E-state index contributed by atoms with van der Waals surface area (Å²) in [6, 6.07) is 7.60. The molecule has 4 rings (SSSR count). The Labute approximate surface area is 143 Å². The van der Waals surface area contributed by atoms with Gasteiger partial charge in [-0.2, -0.15) is 0 Å². The molecule has 0 saturated carbocycles. The van der Waals surface area contributed by atoms with Gasteiger partial charge in [-0.3, -0.25) is 4.90 Å². The Morgan fingerprint density at radius 2 is 2.00 bits per heavy atom. The lowest BCUT2D eigenvalue weighted by molar-refractivity contribution is -0.0566. The molecule has 0 spiro atoms. The van der Waals surface area contributed by atoms with Gasteiger partial charge in [-0.05, 0) is 37.3 Å². The smallest absolute Gasteiger partial charge is 0.146 e. The number of aliphatic hydroxyl groups is 1. The Morgan fingerprint density at radius 1 is 1.21 bits per heavy atom. The molecule has 132 valence electrons. The second-order valence-electron chi connectivity index (χ2n) is 7.66. The Balaban J connectivity index is 1.39. The number of likely N-dealkylation sites (tertiary alicyclic amines) is 1. The zero-order valence-corrected chi connectivity index (χ0v) is 14.2. The van der Waals surface area contributed by atoms with E-state index in [1.165, 1.54) is 6.07 Å². The molecule has 1 aromatic rings. The molecule has 0 aromatic heterocycles. The number of aliphatic hydroxyl groups excluding tert-OH is 1. The lowest BCUT2D eigenvalue weighted by Crippen LogP contribution is -2.46. The average molecular weight is 334 g/mol. The molecular formula is C19H27FN2O2. The molecule has 0 amide bonds. The topological polar surface area (TPSA) is 35.9 Å². The highest BCUT2D eigenvalue weighted by Gasteiger charge is 2.49. The fourth-order valence-electron chi connectivity index (χ4n) is 4.82. The molecule has 3 fully saturated rings. The largest absolute Gasteiger partial charge is 0.396 e. The first-order chi connectivity index (χ1) is 11.7. The SMILES string of the molecule is OC[C@]12COCC[C@H]1CN(C1CCN(c3ccccc3F)CC1)C2. The molecule has 1 aromatic carbocycles. The van der Waals surface area contributed by atoms with Crippen molar-refractivity contribution < 1.29 is 14.2 Å². The van der Waals surface area contributed by atoms with Gasteiger partial charge in [0.15, 0.2) is 0 Å². The van der Waals surface area contributed by atoms with Crippen LogP contribution in [0.1, 0.15) is 19.3 Å². The minimum absolute atomic E-state index is 0.0546. The van der Waals surface area contributed by atoms with E-state index in [0.29, 0.717) is 18.6 Å². The van der Waals surface area contributed by atoms with E-state index in [-0.39, 0.29) is 17.8 Å². The van der Waals surface area contributed by atoms with Crippen molar-refractivity contribution in [2.24, 2.45) is 11.3 Å². The molecule has 24 heavy (non-hydrogen) atoms. The molecule has 4 nitrogen and oxygen atoms in total. The van der Waals surface area contributed by atoms with Crippen LogP contribution in [-0.4, -0.2) is 62.0 Å². The monoisotopic (exact) mass is 334 g/mol. The number of piperidine rings is 1. The lowest BCUT2D eigenvalue weighted by Gasteiger charge is -2.39. The van der Waals surface area contributed by atoms with E-state index in [9.17, 15) is 9.50 Å². The van der Waals surface area contributed by atoms with E-state index in [4.69, 9.17) is 4.74 Å². The number of halogens is 1. The van der Waals surface area contributed by atoms with Crippen LogP contribution < -0.4 is 4.90 Å². The maximum absolute atomic E-state index is 14.0. The van der Waals surface area contributed by atoms with Gasteiger partial charge >= 0.3 is 0 Å². The maximum Gasteiger partial charge on any atom is 0.146 e. The second-order valence-corrected chi connectivity index (χ2v) is 7.66. The van der Waals surface area contributed by atoms with Crippen LogP contribution in [0.5, 0.6) is 0 Å². The Morgan fingerprint density at radius 3 is 2.71 bits per heavy atom. The van der Waals surface area contributed by atoms with E-state index >= 15 is 0 Å². The third-order valence-electron chi connectivity index (χ3n) is 6.33. The Bertz CT molecular complexity index is 576. The first-order valence-electron chi connectivity index (χ1n) is 9.14. The number of hydrogen-bond donors (Lipinski definition) is 1. The summed E-state index contributed by atoms with van der Waals surface area (Å²) in [4.78, 5) is 4.73. The van der Waals surface area contributed by atoms with Gasteiger partial charge in [-0.15, -0.1) is 0 Å². The van der Waals surface area contributed by atoms with Gasteiger partial charge in [0, 0.05) is 44.2 Å². The maximum atomic E-state index is 14.0. The van der Waals surface area contributed by atoms with Crippen molar-refractivity contribution >= 4 is 5.69 Å². The summed E-state index contributed by atoms with van der Waals surface area (Å²) >= 11 is 0. The number of hydrogen-bond acceptors (Lipinski definition) is 4. The minimum atomic E-state index is -0.125. The number of nitrogens with zero attached hydrogens (tertiary/aromatic N) is 2. The molecule has 0 radical (unpaired) electrons. The molecule has 3 saturated heterocycles. The summed E-state index contributed by atoms with van der Waals surface area (Å²) in [5, 5.41) is 9.93. The predicted molar refractivity (Wildman–Crippen MR) is 91.7 cm³/mol. The number of ether oxygens (including phenoxy) is 1. The van der Waals surface area contributed by atoms with Gasteiger partial charge in [-0.25, -0.2) is 4.39 Å². The number of para-hydroxylation sites is 1. The van der Waals surface area contributed by atoms with Gasteiger partial charge in [0.05, 0.1) is 18.9 Å². The van der Waals surface area contributed by atoms with Gasteiger partial charge in [-0.1, -0.05) is 12.1 Å². The van der Waals surface area contributed by atoms with Gasteiger partial charge in [0.1, 0.15) is 5.82 Å². The highest BCUT2D eigenvalue weighted by Crippen LogP contribution is 2.42. The molecule has 0 unspecified atom stereocenters. The predicted octanol–water partition coefficient (Wildman–Crippen LogP) is 2.13. The quantitative estimate of drug-likeness (QED) is 0.919. The van der Waals surface area contributed by atoms with Gasteiger partial charge in [0.25, 0.3) is 0 Å². The van der Waals surface area contributed by atoms with Gasteiger partial charge < -0.3 is 14.7 Å². The van der Waals surface area contributed by atoms with Crippen molar-refractivity contribution in [3.05, 3.63) is 30.1 Å². The Kier molecular flexibility index (Phi) is 4.50. The van der Waals surface area contributed by atoms with E-state index in [1.807, 2.05) is 12.1 Å². The molecule has 3 aliphatic heterocycles. The number of fused-ring (bicyclic) bond motifs is 1. The van der Waals surface area contributed by atoms with E-state index in [2.05, 4.69) is 9.80 Å². The van der Waals surface area contributed by atoms with Crippen LogP contribution in [0.15, 0.2) is 24.3 Å². The van der Waals surface area contributed by atoms with Crippen LogP contribution in [0.4, 0.5) is 10.1 Å². The molecule has 1 N–H and O–H groups in total. The van der Waals surface area contributed by atoms with Gasteiger partial charge in [0.2, 0.25) is 0 Å². The normalized spacial score (nSPS) is 32.1.